The molecule has 0 fully saturated rings. The smallest absolute Gasteiger partial charge is 0.127 e. The zero-order chi connectivity index (χ0) is 12.6. The van der Waals surface area contributed by atoms with E-state index < -0.39 is 0 Å². The van der Waals surface area contributed by atoms with Gasteiger partial charge in [0.2, 0.25) is 0 Å². The van der Waals surface area contributed by atoms with Crippen LogP contribution >= 0.6 is 15.9 Å². The van der Waals surface area contributed by atoms with Gasteiger partial charge in [-0.3, -0.25) is 4.68 Å². The van der Waals surface area contributed by atoms with Crippen molar-refractivity contribution in [3.05, 3.63) is 39.3 Å². The van der Waals surface area contributed by atoms with Crippen LogP contribution in [0.1, 0.15) is 22.5 Å². The van der Waals surface area contributed by atoms with Gasteiger partial charge in [-0.1, -0.05) is 0 Å². The Morgan fingerprint density at radius 3 is 2.65 bits per heavy atom. The van der Waals surface area contributed by atoms with Crippen molar-refractivity contribution in [1.29, 1.82) is 0 Å². The van der Waals surface area contributed by atoms with Crippen LogP contribution in [0, 0.1) is 13.8 Å². The molecule has 0 bridgehead atoms. The molecule has 2 heterocycles. The molecule has 17 heavy (non-hydrogen) atoms. The Morgan fingerprint density at radius 2 is 2.12 bits per heavy atom. The van der Waals surface area contributed by atoms with Gasteiger partial charge in [0.05, 0.1) is 15.9 Å². The molecule has 4 nitrogen and oxygen atoms in total. The van der Waals surface area contributed by atoms with E-state index in [2.05, 4.69) is 26.0 Å². The molecule has 0 unspecified atom stereocenters. The molecular weight excluding hydrogens is 280 g/mol. The highest BCUT2D eigenvalue weighted by atomic mass is 79.9. The molecule has 0 saturated carbocycles. The SMILES string of the molecule is Cc1ccnc(N)c1Cc1c(Br)c(C)nn1C. The highest BCUT2D eigenvalue weighted by Gasteiger charge is 2.14. The molecule has 0 aliphatic heterocycles. The van der Waals surface area contributed by atoms with E-state index in [1.165, 1.54) is 0 Å². The summed E-state index contributed by atoms with van der Waals surface area (Å²) in [6.07, 6.45) is 2.47. The van der Waals surface area contributed by atoms with E-state index in [0.29, 0.717) is 5.82 Å². The first kappa shape index (κ1) is 12.1. The molecular formula is C12H15BrN4. The molecule has 0 aromatic carbocycles. The number of rotatable bonds is 2. The molecule has 2 rings (SSSR count). The van der Waals surface area contributed by atoms with Crippen molar-refractivity contribution in [2.45, 2.75) is 20.3 Å². The molecule has 2 aromatic rings. The van der Waals surface area contributed by atoms with Gasteiger partial charge in [-0.15, -0.1) is 0 Å². The maximum atomic E-state index is 5.92. The molecule has 0 spiro atoms. The Labute approximate surface area is 109 Å². The number of aromatic nitrogens is 3. The number of aryl methyl sites for hydroxylation is 3. The van der Waals surface area contributed by atoms with Crippen molar-refractivity contribution in [1.82, 2.24) is 14.8 Å². The Balaban J connectivity index is 2.45. The minimum atomic E-state index is 0.593. The molecule has 2 N–H and O–H groups in total. The number of hydrogen-bond donors (Lipinski definition) is 1. The van der Waals surface area contributed by atoms with Gasteiger partial charge in [-0.25, -0.2) is 4.98 Å². The quantitative estimate of drug-likeness (QED) is 0.925. The molecule has 0 aliphatic rings. The number of halogens is 1. The Morgan fingerprint density at radius 1 is 1.41 bits per heavy atom. The van der Waals surface area contributed by atoms with Crippen LogP contribution in [0.2, 0.25) is 0 Å². The zero-order valence-corrected chi connectivity index (χ0v) is 11.7. The van der Waals surface area contributed by atoms with Crippen molar-refractivity contribution in [3.8, 4) is 0 Å². The summed E-state index contributed by atoms with van der Waals surface area (Å²) in [4.78, 5) is 4.14. The van der Waals surface area contributed by atoms with E-state index in [4.69, 9.17) is 5.73 Å². The van der Waals surface area contributed by atoms with Crippen LogP contribution in [0.15, 0.2) is 16.7 Å². The number of anilines is 1. The van der Waals surface area contributed by atoms with E-state index >= 15 is 0 Å². The van der Waals surface area contributed by atoms with Gasteiger partial charge in [0, 0.05) is 25.2 Å². The summed E-state index contributed by atoms with van der Waals surface area (Å²) in [5.74, 6) is 0.593. The summed E-state index contributed by atoms with van der Waals surface area (Å²) in [5, 5.41) is 4.37. The molecule has 0 atom stereocenters. The molecule has 0 amide bonds. The third kappa shape index (κ3) is 2.20. The molecule has 0 radical (unpaired) electrons. The van der Waals surface area contributed by atoms with Gasteiger partial charge in [-0.2, -0.15) is 5.10 Å². The highest BCUT2D eigenvalue weighted by Crippen LogP contribution is 2.25. The second kappa shape index (κ2) is 4.49. The van der Waals surface area contributed by atoms with Gasteiger partial charge in [0.25, 0.3) is 0 Å². The normalized spacial score (nSPS) is 10.8. The summed E-state index contributed by atoms with van der Waals surface area (Å²) in [6.45, 7) is 4.03. The topological polar surface area (TPSA) is 56.7 Å². The van der Waals surface area contributed by atoms with Gasteiger partial charge >= 0.3 is 0 Å². The lowest BCUT2D eigenvalue weighted by Gasteiger charge is -2.09. The molecule has 5 heteroatoms. The fraction of sp³-hybridized carbons (Fsp3) is 0.333. The van der Waals surface area contributed by atoms with Gasteiger partial charge in [0.1, 0.15) is 5.82 Å². The molecule has 90 valence electrons. The lowest BCUT2D eigenvalue weighted by Crippen LogP contribution is -2.05. The van der Waals surface area contributed by atoms with Crippen LogP contribution < -0.4 is 5.73 Å². The van der Waals surface area contributed by atoms with Crippen LogP contribution in [0.25, 0.3) is 0 Å². The van der Waals surface area contributed by atoms with E-state index in [-0.39, 0.29) is 0 Å². The van der Waals surface area contributed by atoms with Gasteiger partial charge in [0.15, 0.2) is 0 Å². The predicted octanol–water partition coefficient (Wildman–Crippen LogP) is 2.37. The van der Waals surface area contributed by atoms with Gasteiger partial charge < -0.3 is 5.73 Å². The third-order valence-corrected chi connectivity index (χ3v) is 3.96. The number of hydrogen-bond acceptors (Lipinski definition) is 3. The summed E-state index contributed by atoms with van der Waals surface area (Å²) >= 11 is 3.56. The maximum absolute atomic E-state index is 5.92. The van der Waals surface area contributed by atoms with Crippen LogP contribution in [0.5, 0.6) is 0 Å². The number of nitrogens with two attached hydrogens (primary N) is 1. The van der Waals surface area contributed by atoms with Crippen molar-refractivity contribution < 1.29 is 0 Å². The molecule has 0 saturated heterocycles. The standard InChI is InChI=1S/C12H15BrN4/c1-7-4-5-15-12(14)9(7)6-10-11(13)8(2)16-17(10)3/h4-5H,6H2,1-3H3,(H2,14,15). The average Bonchev–Trinajstić information content (AvgIpc) is 2.49. The summed E-state index contributed by atoms with van der Waals surface area (Å²) in [7, 11) is 1.94. The van der Waals surface area contributed by atoms with E-state index in [1.807, 2.05) is 31.6 Å². The fourth-order valence-corrected chi connectivity index (χ4v) is 2.36. The van der Waals surface area contributed by atoms with E-state index in [0.717, 1.165) is 33.4 Å². The first-order chi connectivity index (χ1) is 8.00. The first-order valence-corrected chi connectivity index (χ1v) is 6.18. The van der Waals surface area contributed by atoms with Crippen LogP contribution in [0.3, 0.4) is 0 Å². The third-order valence-electron chi connectivity index (χ3n) is 2.93. The molecule has 2 aromatic heterocycles. The first-order valence-electron chi connectivity index (χ1n) is 5.38. The van der Waals surface area contributed by atoms with Crippen LogP contribution in [-0.2, 0) is 13.5 Å². The van der Waals surface area contributed by atoms with Crippen LogP contribution in [-0.4, -0.2) is 14.8 Å². The minimum Gasteiger partial charge on any atom is -0.383 e. The summed E-state index contributed by atoms with van der Waals surface area (Å²) in [6, 6.07) is 1.98. The van der Waals surface area contributed by atoms with Gasteiger partial charge in [-0.05, 0) is 41.4 Å². The zero-order valence-electron chi connectivity index (χ0n) is 10.2. The Hall–Kier alpha value is -1.36. The number of nitrogens with zero attached hydrogens (tertiary/aromatic N) is 3. The van der Waals surface area contributed by atoms with Crippen molar-refractivity contribution in [3.63, 3.8) is 0 Å². The lowest BCUT2D eigenvalue weighted by atomic mass is 10.1. The number of pyridine rings is 1. The Kier molecular flexibility index (Phi) is 3.19. The maximum Gasteiger partial charge on any atom is 0.127 e. The van der Waals surface area contributed by atoms with Crippen molar-refractivity contribution in [2.24, 2.45) is 7.05 Å². The molecule has 0 aliphatic carbocycles. The van der Waals surface area contributed by atoms with Crippen LogP contribution in [0.4, 0.5) is 5.82 Å². The number of nitrogen functional groups attached to an aromatic ring is 1. The Bertz CT molecular complexity index is 540. The predicted molar refractivity (Wildman–Crippen MR) is 71.8 cm³/mol. The second-order valence-electron chi connectivity index (χ2n) is 4.14. The highest BCUT2D eigenvalue weighted by molar-refractivity contribution is 9.10. The second-order valence-corrected chi connectivity index (χ2v) is 4.93. The minimum absolute atomic E-state index is 0.593. The summed E-state index contributed by atoms with van der Waals surface area (Å²) < 4.78 is 2.92. The lowest BCUT2D eigenvalue weighted by molar-refractivity contribution is 0.715. The largest absolute Gasteiger partial charge is 0.383 e. The van der Waals surface area contributed by atoms with E-state index in [1.54, 1.807) is 6.20 Å². The van der Waals surface area contributed by atoms with Crippen molar-refractivity contribution in [2.75, 3.05) is 5.73 Å². The van der Waals surface area contributed by atoms with Crippen molar-refractivity contribution >= 4 is 21.7 Å². The average molecular weight is 295 g/mol. The summed E-state index contributed by atoms with van der Waals surface area (Å²) in [5.41, 5.74) is 10.2. The monoisotopic (exact) mass is 294 g/mol. The van der Waals surface area contributed by atoms with E-state index in [9.17, 15) is 0 Å². The fourth-order valence-electron chi connectivity index (χ4n) is 1.88.